The Morgan fingerprint density at radius 2 is 1.86 bits per heavy atom. The van der Waals surface area contributed by atoms with Crippen LogP contribution in [0.2, 0.25) is 0 Å². The Kier molecular flexibility index (Phi) is 4.92. The van der Waals surface area contributed by atoms with Crippen LogP contribution in [0.3, 0.4) is 0 Å². The van der Waals surface area contributed by atoms with Crippen LogP contribution in [0, 0.1) is 5.92 Å². The third-order valence-corrected chi connectivity index (χ3v) is 6.44. The maximum atomic E-state index is 5.56. The highest BCUT2D eigenvalue weighted by Crippen LogP contribution is 2.38. The fraction of sp³-hybridized carbons (Fsp3) is 1.00. The van der Waals surface area contributed by atoms with Crippen LogP contribution in [0.5, 0.6) is 0 Å². The molecule has 1 spiro atoms. The smallest absolute Gasteiger partial charge is 0.0469 e. The molecule has 1 unspecified atom stereocenters. The largest absolute Gasteiger partial charge is 0.381 e. The predicted octanol–water partition coefficient (Wildman–Crippen LogP) is 3.19. The number of hydrogen-bond acceptors (Lipinski definition) is 3. The van der Waals surface area contributed by atoms with E-state index in [2.05, 4.69) is 24.1 Å². The first-order valence-electron chi connectivity index (χ1n) is 9.24. The zero-order valence-electron chi connectivity index (χ0n) is 14.1. The molecule has 1 atom stereocenters. The van der Waals surface area contributed by atoms with Gasteiger partial charge in [0.05, 0.1) is 0 Å². The van der Waals surface area contributed by atoms with Crippen molar-refractivity contribution in [3.8, 4) is 0 Å². The summed E-state index contributed by atoms with van der Waals surface area (Å²) in [6, 6.07) is 0. The third kappa shape index (κ3) is 3.46. The quantitative estimate of drug-likeness (QED) is 0.865. The van der Waals surface area contributed by atoms with Crippen molar-refractivity contribution in [2.75, 3.05) is 32.8 Å². The molecule has 21 heavy (non-hydrogen) atoms. The fourth-order valence-electron chi connectivity index (χ4n) is 4.57. The van der Waals surface area contributed by atoms with Crippen LogP contribution in [0.4, 0.5) is 0 Å². The lowest BCUT2D eigenvalue weighted by Crippen LogP contribution is -2.70. The minimum absolute atomic E-state index is 0.313. The number of piperazine rings is 1. The van der Waals surface area contributed by atoms with Gasteiger partial charge in [-0.3, -0.25) is 4.90 Å². The zero-order chi connectivity index (χ0) is 14.8. The summed E-state index contributed by atoms with van der Waals surface area (Å²) >= 11 is 0. The van der Waals surface area contributed by atoms with E-state index in [1.54, 1.807) is 0 Å². The van der Waals surface area contributed by atoms with Gasteiger partial charge >= 0.3 is 0 Å². The topological polar surface area (TPSA) is 24.5 Å². The molecule has 0 amide bonds. The molecular weight excluding hydrogens is 260 g/mol. The van der Waals surface area contributed by atoms with Gasteiger partial charge in [0.25, 0.3) is 0 Å². The highest BCUT2D eigenvalue weighted by atomic mass is 16.5. The minimum Gasteiger partial charge on any atom is -0.381 e. The van der Waals surface area contributed by atoms with Gasteiger partial charge in [-0.05, 0) is 44.9 Å². The lowest BCUT2D eigenvalue weighted by Gasteiger charge is -2.56. The summed E-state index contributed by atoms with van der Waals surface area (Å²) < 4.78 is 5.56. The molecule has 3 heteroatoms. The Morgan fingerprint density at radius 1 is 1.14 bits per heavy atom. The van der Waals surface area contributed by atoms with Crippen molar-refractivity contribution < 1.29 is 4.74 Å². The van der Waals surface area contributed by atoms with E-state index in [4.69, 9.17) is 4.74 Å². The lowest BCUT2D eigenvalue weighted by atomic mass is 9.75. The van der Waals surface area contributed by atoms with Gasteiger partial charge in [0.2, 0.25) is 0 Å². The van der Waals surface area contributed by atoms with Crippen molar-refractivity contribution in [3.63, 3.8) is 0 Å². The van der Waals surface area contributed by atoms with Crippen LogP contribution in [0.25, 0.3) is 0 Å². The summed E-state index contributed by atoms with van der Waals surface area (Å²) in [6.45, 7) is 10.5. The molecule has 0 aromatic heterocycles. The molecule has 0 bridgehead atoms. The van der Waals surface area contributed by atoms with Crippen molar-refractivity contribution in [2.24, 2.45) is 5.92 Å². The first-order valence-corrected chi connectivity index (χ1v) is 9.24. The van der Waals surface area contributed by atoms with E-state index in [1.807, 2.05) is 0 Å². The van der Waals surface area contributed by atoms with E-state index in [9.17, 15) is 0 Å². The molecule has 3 fully saturated rings. The highest BCUT2D eigenvalue weighted by Gasteiger charge is 2.45. The number of hydrogen-bond donors (Lipinski definition) is 1. The summed E-state index contributed by atoms with van der Waals surface area (Å²) in [7, 11) is 0. The molecule has 0 radical (unpaired) electrons. The molecule has 1 saturated carbocycles. The molecule has 0 aromatic carbocycles. The number of nitrogens with zero attached hydrogens (tertiary/aromatic N) is 1. The molecule has 3 aliphatic rings. The van der Waals surface area contributed by atoms with E-state index in [0.717, 1.165) is 19.1 Å². The maximum absolute atomic E-state index is 5.56. The molecule has 1 N–H and O–H groups in total. The van der Waals surface area contributed by atoms with Crippen LogP contribution >= 0.6 is 0 Å². The minimum atomic E-state index is 0.313. The lowest BCUT2D eigenvalue weighted by molar-refractivity contribution is -0.0384. The molecule has 3 nitrogen and oxygen atoms in total. The Labute approximate surface area is 130 Å². The number of ether oxygens (including phenoxy) is 1. The predicted molar refractivity (Wildman–Crippen MR) is 87.6 cm³/mol. The van der Waals surface area contributed by atoms with Crippen LogP contribution in [0.1, 0.15) is 65.2 Å². The summed E-state index contributed by atoms with van der Waals surface area (Å²) in [6.07, 6.45) is 10.9. The van der Waals surface area contributed by atoms with E-state index in [1.165, 1.54) is 71.0 Å². The van der Waals surface area contributed by atoms with Crippen LogP contribution < -0.4 is 5.32 Å². The zero-order valence-corrected chi connectivity index (χ0v) is 14.1. The van der Waals surface area contributed by atoms with E-state index >= 15 is 0 Å². The second-order valence-electron chi connectivity index (χ2n) is 7.99. The number of rotatable bonds is 3. The Bertz CT molecular complexity index is 334. The van der Waals surface area contributed by atoms with Crippen molar-refractivity contribution >= 4 is 0 Å². The SMILES string of the molecule is CCC1(C)CN(CC2CCOCC2)C2(CCCCC2)CN1. The van der Waals surface area contributed by atoms with Gasteiger partial charge in [-0.1, -0.05) is 26.2 Å². The van der Waals surface area contributed by atoms with Gasteiger partial charge in [-0.25, -0.2) is 0 Å². The Balaban J connectivity index is 1.72. The first-order chi connectivity index (χ1) is 10.2. The summed E-state index contributed by atoms with van der Waals surface area (Å²) in [5.41, 5.74) is 0.777. The average molecular weight is 294 g/mol. The van der Waals surface area contributed by atoms with Gasteiger partial charge in [0.15, 0.2) is 0 Å². The van der Waals surface area contributed by atoms with Crippen LogP contribution in [-0.4, -0.2) is 48.8 Å². The molecule has 2 heterocycles. The summed E-state index contributed by atoms with van der Waals surface area (Å²) in [5.74, 6) is 0.858. The number of nitrogens with one attached hydrogen (secondary N) is 1. The Hall–Kier alpha value is -0.120. The molecule has 1 aliphatic carbocycles. The van der Waals surface area contributed by atoms with E-state index in [-0.39, 0.29) is 0 Å². The molecule has 2 aliphatic heterocycles. The Morgan fingerprint density at radius 3 is 2.52 bits per heavy atom. The highest BCUT2D eigenvalue weighted by molar-refractivity contribution is 5.04. The van der Waals surface area contributed by atoms with E-state index < -0.39 is 0 Å². The van der Waals surface area contributed by atoms with Crippen LogP contribution in [-0.2, 0) is 4.74 Å². The average Bonchev–Trinajstić information content (AvgIpc) is 2.54. The monoisotopic (exact) mass is 294 g/mol. The van der Waals surface area contributed by atoms with Crippen LogP contribution in [0.15, 0.2) is 0 Å². The molecule has 3 rings (SSSR count). The molecular formula is C18H34N2O. The first kappa shape index (κ1) is 15.8. The van der Waals surface area contributed by atoms with Crippen molar-refractivity contribution in [2.45, 2.75) is 76.3 Å². The maximum Gasteiger partial charge on any atom is 0.0469 e. The standard InChI is InChI=1S/C18H34N2O/c1-3-17(2)15-20(13-16-7-11-21-12-8-16)18(14-19-17)9-5-4-6-10-18/h16,19H,3-15H2,1-2H3. The second kappa shape index (κ2) is 6.55. The molecule has 0 aromatic rings. The van der Waals surface area contributed by atoms with Gasteiger partial charge in [0, 0.05) is 43.9 Å². The summed E-state index contributed by atoms with van der Waals surface area (Å²) in [4.78, 5) is 2.90. The fourth-order valence-corrected chi connectivity index (χ4v) is 4.57. The third-order valence-electron chi connectivity index (χ3n) is 6.44. The second-order valence-corrected chi connectivity index (χ2v) is 7.99. The van der Waals surface area contributed by atoms with Crippen molar-refractivity contribution in [3.05, 3.63) is 0 Å². The van der Waals surface area contributed by atoms with Gasteiger partial charge in [0.1, 0.15) is 0 Å². The van der Waals surface area contributed by atoms with Crippen molar-refractivity contribution in [1.29, 1.82) is 0 Å². The summed E-state index contributed by atoms with van der Waals surface area (Å²) in [5, 5.41) is 3.91. The van der Waals surface area contributed by atoms with Crippen molar-refractivity contribution in [1.82, 2.24) is 10.2 Å². The van der Waals surface area contributed by atoms with Gasteiger partial charge < -0.3 is 10.1 Å². The molecule has 122 valence electrons. The van der Waals surface area contributed by atoms with Gasteiger partial charge in [-0.15, -0.1) is 0 Å². The van der Waals surface area contributed by atoms with E-state index in [0.29, 0.717) is 11.1 Å². The molecule has 2 saturated heterocycles. The van der Waals surface area contributed by atoms with Gasteiger partial charge in [-0.2, -0.15) is 0 Å². The normalized spacial score (nSPS) is 35.1.